The van der Waals surface area contributed by atoms with Crippen LogP contribution in [0, 0.1) is 13.8 Å². The van der Waals surface area contributed by atoms with Gasteiger partial charge in [0.1, 0.15) is 5.57 Å². The Morgan fingerprint density at radius 3 is 2.23 bits per heavy atom. The second-order valence-electron chi connectivity index (χ2n) is 8.66. The molecule has 1 aliphatic heterocycles. The van der Waals surface area contributed by atoms with Gasteiger partial charge >= 0.3 is 6.03 Å². The number of nitrogens with one attached hydrogen (secondary N) is 1. The zero-order valence-electron chi connectivity index (χ0n) is 20.2. The van der Waals surface area contributed by atoms with Gasteiger partial charge in [-0.1, -0.05) is 68.3 Å². The average Bonchev–Trinajstić information content (AvgIpc) is 2.79. The minimum absolute atomic E-state index is 0.198. The van der Waals surface area contributed by atoms with Crippen molar-refractivity contribution in [2.24, 2.45) is 0 Å². The van der Waals surface area contributed by atoms with Crippen LogP contribution in [0.5, 0.6) is 5.75 Å². The van der Waals surface area contributed by atoms with E-state index in [1.807, 2.05) is 19.9 Å². The number of amides is 4. The van der Waals surface area contributed by atoms with Gasteiger partial charge < -0.3 is 4.74 Å². The van der Waals surface area contributed by atoms with Crippen LogP contribution in [0.25, 0.3) is 6.08 Å². The summed E-state index contributed by atoms with van der Waals surface area (Å²) in [6.07, 6.45) is 8.19. The van der Waals surface area contributed by atoms with Crippen molar-refractivity contribution in [3.8, 4) is 5.75 Å². The van der Waals surface area contributed by atoms with E-state index in [4.69, 9.17) is 27.9 Å². The molecule has 0 atom stereocenters. The van der Waals surface area contributed by atoms with E-state index in [0.717, 1.165) is 28.9 Å². The fourth-order valence-electron chi connectivity index (χ4n) is 3.78. The lowest BCUT2D eigenvalue weighted by Crippen LogP contribution is -2.54. The molecule has 1 saturated heterocycles. The number of benzene rings is 2. The van der Waals surface area contributed by atoms with Crippen LogP contribution in [0.1, 0.15) is 62.1 Å². The molecule has 0 aromatic heterocycles. The van der Waals surface area contributed by atoms with Crippen LogP contribution in [0.4, 0.5) is 10.5 Å². The lowest BCUT2D eigenvalue weighted by molar-refractivity contribution is -0.122. The molecule has 1 N–H and O–H groups in total. The number of aryl methyl sites for hydroxylation is 2. The predicted octanol–water partition coefficient (Wildman–Crippen LogP) is 7.02. The molecule has 1 heterocycles. The normalized spacial score (nSPS) is 15.1. The van der Waals surface area contributed by atoms with Crippen molar-refractivity contribution in [2.75, 3.05) is 11.5 Å². The number of hydrogen-bond acceptors (Lipinski definition) is 4. The highest BCUT2D eigenvalue weighted by atomic mass is 35.5. The molecular weight excluding hydrogens is 487 g/mol. The summed E-state index contributed by atoms with van der Waals surface area (Å²) in [5, 5.41) is 2.78. The Morgan fingerprint density at radius 1 is 0.914 bits per heavy atom. The zero-order valence-corrected chi connectivity index (χ0v) is 21.8. The van der Waals surface area contributed by atoms with E-state index in [1.54, 1.807) is 24.3 Å². The Bertz CT molecular complexity index is 1140. The molecule has 0 spiro atoms. The molecule has 0 unspecified atom stereocenters. The van der Waals surface area contributed by atoms with Gasteiger partial charge in [0.2, 0.25) is 0 Å². The number of hydrogen-bond donors (Lipinski definition) is 1. The Hall–Kier alpha value is -2.83. The number of halogens is 2. The molecule has 0 radical (unpaired) electrons. The van der Waals surface area contributed by atoms with Crippen molar-refractivity contribution < 1.29 is 19.1 Å². The maximum Gasteiger partial charge on any atom is 0.335 e. The first-order chi connectivity index (χ1) is 16.7. The number of nitrogens with zero attached hydrogens (tertiary/aromatic N) is 1. The first-order valence-electron chi connectivity index (χ1n) is 11.8. The second-order valence-corrected chi connectivity index (χ2v) is 9.47. The monoisotopic (exact) mass is 516 g/mol. The molecule has 3 rings (SSSR count). The van der Waals surface area contributed by atoms with Crippen LogP contribution >= 0.6 is 23.2 Å². The van der Waals surface area contributed by atoms with Crippen molar-refractivity contribution in [1.29, 1.82) is 0 Å². The van der Waals surface area contributed by atoms with Crippen molar-refractivity contribution >= 4 is 52.8 Å². The Labute approximate surface area is 216 Å². The van der Waals surface area contributed by atoms with E-state index in [9.17, 15) is 14.4 Å². The van der Waals surface area contributed by atoms with Crippen LogP contribution in [0.2, 0.25) is 10.0 Å². The second kappa shape index (κ2) is 12.2. The highest BCUT2D eigenvalue weighted by molar-refractivity contribution is 6.40. The summed E-state index contributed by atoms with van der Waals surface area (Å²) >= 11 is 12.8. The summed E-state index contributed by atoms with van der Waals surface area (Å²) in [5.41, 5.74) is 2.56. The number of rotatable bonds is 10. The first kappa shape index (κ1) is 26.8. The lowest BCUT2D eigenvalue weighted by Gasteiger charge is -2.27. The van der Waals surface area contributed by atoms with Crippen molar-refractivity contribution in [2.45, 2.75) is 59.3 Å². The summed E-state index contributed by atoms with van der Waals surface area (Å²) in [6.45, 7) is 6.50. The van der Waals surface area contributed by atoms with Crippen LogP contribution in [0.15, 0.2) is 35.9 Å². The van der Waals surface area contributed by atoms with Gasteiger partial charge in [-0.3, -0.25) is 14.9 Å². The summed E-state index contributed by atoms with van der Waals surface area (Å²) in [6, 6.07) is 7.56. The van der Waals surface area contributed by atoms with Crippen LogP contribution in [-0.4, -0.2) is 24.5 Å². The third-order valence-electron chi connectivity index (χ3n) is 5.93. The molecule has 35 heavy (non-hydrogen) atoms. The van der Waals surface area contributed by atoms with Gasteiger partial charge in [-0.05, 0) is 67.3 Å². The number of barbiturate groups is 1. The predicted molar refractivity (Wildman–Crippen MR) is 140 cm³/mol. The lowest BCUT2D eigenvalue weighted by atomic mass is 10.0. The van der Waals surface area contributed by atoms with E-state index >= 15 is 0 Å². The smallest absolute Gasteiger partial charge is 0.335 e. The molecule has 186 valence electrons. The number of unbranched alkanes of at least 4 members (excludes halogenated alkanes) is 5. The minimum Gasteiger partial charge on any atom is -0.490 e. The number of carbonyl (C=O) groups is 3. The first-order valence-corrected chi connectivity index (χ1v) is 12.6. The Kier molecular flexibility index (Phi) is 9.35. The average molecular weight is 517 g/mol. The van der Waals surface area contributed by atoms with Crippen LogP contribution in [-0.2, 0) is 9.59 Å². The van der Waals surface area contributed by atoms with Crippen molar-refractivity contribution in [1.82, 2.24) is 5.32 Å². The van der Waals surface area contributed by atoms with Crippen LogP contribution < -0.4 is 15.0 Å². The van der Waals surface area contributed by atoms with Gasteiger partial charge in [0.05, 0.1) is 22.3 Å². The van der Waals surface area contributed by atoms with Gasteiger partial charge in [0.15, 0.2) is 5.75 Å². The van der Waals surface area contributed by atoms with E-state index in [-0.39, 0.29) is 15.6 Å². The zero-order chi connectivity index (χ0) is 25.5. The third-order valence-corrected chi connectivity index (χ3v) is 6.49. The van der Waals surface area contributed by atoms with E-state index < -0.39 is 17.8 Å². The molecular formula is C27H30Cl2N2O4. The number of ether oxygens (including phenoxy) is 1. The maximum absolute atomic E-state index is 13.1. The molecule has 6 nitrogen and oxygen atoms in total. The van der Waals surface area contributed by atoms with Gasteiger partial charge in [-0.25, -0.2) is 9.69 Å². The number of anilines is 1. The summed E-state index contributed by atoms with van der Waals surface area (Å²) in [7, 11) is 0. The summed E-state index contributed by atoms with van der Waals surface area (Å²) < 4.78 is 5.79. The Morgan fingerprint density at radius 2 is 1.57 bits per heavy atom. The number of urea groups is 1. The molecule has 4 amide bonds. The van der Waals surface area contributed by atoms with E-state index in [1.165, 1.54) is 31.8 Å². The molecule has 8 heteroatoms. The van der Waals surface area contributed by atoms with E-state index in [2.05, 4.69) is 12.2 Å². The standard InChI is InChI=1S/C27H30Cl2N2O4/c1-4-5-6-7-8-9-12-35-24-22(28)15-19(16-23(24)29)14-21-25(32)30-27(34)31(26(21)33)20-11-10-17(2)18(3)13-20/h10-11,13-16H,4-9,12H2,1-3H3,(H,30,32,34)/b21-14-. The maximum atomic E-state index is 13.1. The van der Waals surface area contributed by atoms with Crippen LogP contribution in [0.3, 0.4) is 0 Å². The topological polar surface area (TPSA) is 75.7 Å². The van der Waals surface area contributed by atoms with Gasteiger partial charge in [0.25, 0.3) is 11.8 Å². The van der Waals surface area contributed by atoms with Crippen molar-refractivity contribution in [3.05, 3.63) is 62.6 Å². The summed E-state index contributed by atoms with van der Waals surface area (Å²) in [4.78, 5) is 39.0. The molecule has 2 aromatic carbocycles. The van der Waals surface area contributed by atoms with Crippen molar-refractivity contribution in [3.63, 3.8) is 0 Å². The SMILES string of the molecule is CCCCCCCCOc1c(Cl)cc(/C=C2/C(=O)NC(=O)N(c3ccc(C)c(C)c3)C2=O)cc1Cl. The van der Waals surface area contributed by atoms with Gasteiger partial charge in [-0.2, -0.15) is 0 Å². The molecule has 0 bridgehead atoms. The Balaban J connectivity index is 1.77. The van der Waals surface area contributed by atoms with Gasteiger partial charge in [0, 0.05) is 0 Å². The largest absolute Gasteiger partial charge is 0.490 e. The summed E-state index contributed by atoms with van der Waals surface area (Å²) in [5.74, 6) is -1.14. The molecule has 2 aromatic rings. The quantitative estimate of drug-likeness (QED) is 0.209. The molecule has 0 aliphatic carbocycles. The highest BCUT2D eigenvalue weighted by Gasteiger charge is 2.37. The molecule has 0 saturated carbocycles. The highest BCUT2D eigenvalue weighted by Crippen LogP contribution is 2.35. The minimum atomic E-state index is -0.796. The molecule has 1 fully saturated rings. The van der Waals surface area contributed by atoms with Gasteiger partial charge in [-0.15, -0.1) is 0 Å². The van der Waals surface area contributed by atoms with E-state index in [0.29, 0.717) is 23.6 Å². The number of imide groups is 2. The molecule has 1 aliphatic rings. The number of carbonyl (C=O) groups excluding carboxylic acids is 3. The third kappa shape index (κ3) is 6.65. The fourth-order valence-corrected chi connectivity index (χ4v) is 4.39. The fraction of sp³-hybridized carbons (Fsp3) is 0.370.